The normalized spacial score (nSPS) is 13.3. The van der Waals surface area contributed by atoms with Crippen molar-refractivity contribution in [3.05, 3.63) is 230 Å². The molecule has 0 bridgehead atoms. The van der Waals surface area contributed by atoms with E-state index in [0.717, 1.165) is 45.3 Å². The fraction of sp³-hybridized carbons (Fsp3) is 0.0690. The minimum atomic E-state index is -3.05. The predicted octanol–water partition coefficient (Wildman–Crippen LogP) is 11.2. The van der Waals surface area contributed by atoms with Crippen molar-refractivity contribution in [3.8, 4) is 17.1 Å². The van der Waals surface area contributed by atoms with Crippen molar-refractivity contribution in [2.24, 2.45) is 7.05 Å². The number of benzene rings is 8. The zero-order chi connectivity index (χ0) is 43.0. The molecular weight excluding hydrogens is 795 g/mol. The first-order chi connectivity index (χ1) is 31.4. The molecule has 11 aromatic rings. The number of fused-ring (bicyclic) bond motifs is 6. The van der Waals surface area contributed by atoms with Crippen LogP contribution in [-0.4, -0.2) is 27.2 Å². The van der Waals surface area contributed by atoms with Crippen molar-refractivity contribution in [1.82, 2.24) is 19.1 Å². The summed E-state index contributed by atoms with van der Waals surface area (Å²) in [4.78, 5) is 12.7. The summed E-state index contributed by atoms with van der Waals surface area (Å²) in [6.45, 7) is 4.78. The van der Waals surface area contributed by atoms with Crippen molar-refractivity contribution in [3.63, 3.8) is 0 Å². The van der Waals surface area contributed by atoms with Crippen LogP contribution in [0.5, 0.6) is 0 Å². The fourth-order valence-electron chi connectivity index (χ4n) is 10.7. The molecule has 1 aliphatic heterocycles. The van der Waals surface area contributed by atoms with Gasteiger partial charge in [0.1, 0.15) is 11.6 Å². The molecule has 1 aliphatic rings. The molecule has 6 heteroatoms. The minimum Gasteiger partial charge on any atom is -0.327 e. The van der Waals surface area contributed by atoms with E-state index >= 15 is 0 Å². The van der Waals surface area contributed by atoms with Crippen molar-refractivity contribution in [2.75, 3.05) is 4.90 Å². The number of anilines is 3. The summed E-state index contributed by atoms with van der Waals surface area (Å²) in [7, 11) is -0.926. The molecular formula is C58H45N5Si. The first kappa shape index (κ1) is 37.9. The Hall–Kier alpha value is -7.80. The predicted molar refractivity (Wildman–Crippen MR) is 269 cm³/mol. The lowest BCUT2D eigenvalue weighted by molar-refractivity contribution is 0.632. The fourth-order valence-corrected chi connectivity index (χ4v) is 15.5. The Labute approximate surface area is 374 Å². The summed E-state index contributed by atoms with van der Waals surface area (Å²) in [6, 6.07) is 78.1. The number of hydrogen-bond donors (Lipinski definition) is 0. The van der Waals surface area contributed by atoms with Gasteiger partial charge in [-0.2, -0.15) is 0 Å². The number of rotatable bonds is 7. The van der Waals surface area contributed by atoms with E-state index in [1.807, 2.05) is 12.3 Å². The van der Waals surface area contributed by atoms with Gasteiger partial charge in [0, 0.05) is 40.7 Å². The van der Waals surface area contributed by atoms with Gasteiger partial charge in [-0.15, -0.1) is 0 Å². The van der Waals surface area contributed by atoms with Crippen LogP contribution in [0.25, 0.3) is 49.9 Å². The highest BCUT2D eigenvalue weighted by Gasteiger charge is 2.45. The molecule has 0 amide bonds. The summed E-state index contributed by atoms with van der Waals surface area (Å²) in [5.41, 5.74) is 11.2. The Bertz CT molecular complexity index is 3500. The number of imidazole rings is 1. The van der Waals surface area contributed by atoms with Gasteiger partial charge >= 0.3 is 0 Å². The molecule has 12 rings (SSSR count). The van der Waals surface area contributed by atoms with E-state index < -0.39 is 8.07 Å². The molecule has 3 aromatic heterocycles. The highest BCUT2D eigenvalue weighted by Crippen LogP contribution is 2.53. The first-order valence-electron chi connectivity index (χ1n) is 22.1. The van der Waals surface area contributed by atoms with Gasteiger partial charge in [0.2, 0.25) is 0 Å². The summed E-state index contributed by atoms with van der Waals surface area (Å²) in [6.07, 6.45) is 1.91. The molecule has 0 fully saturated rings. The molecule has 0 saturated carbocycles. The minimum absolute atomic E-state index is 0.357. The Balaban J connectivity index is 1.15. The maximum absolute atomic E-state index is 5.18. The van der Waals surface area contributed by atoms with Crippen molar-refractivity contribution >= 4 is 78.9 Å². The average molecular weight is 840 g/mol. The molecule has 5 nitrogen and oxygen atoms in total. The molecule has 0 radical (unpaired) electrons. The van der Waals surface area contributed by atoms with Crippen LogP contribution in [0, 0.1) is 0 Å². The van der Waals surface area contributed by atoms with E-state index in [0.29, 0.717) is 0 Å². The van der Waals surface area contributed by atoms with E-state index in [1.165, 1.54) is 53.7 Å². The number of aromatic nitrogens is 4. The van der Waals surface area contributed by atoms with Crippen LogP contribution in [0.3, 0.4) is 0 Å². The Morgan fingerprint density at radius 3 is 1.81 bits per heavy atom. The summed E-state index contributed by atoms with van der Waals surface area (Å²) < 4.78 is 4.65. The zero-order valence-corrected chi connectivity index (χ0v) is 37.0. The molecule has 4 heterocycles. The van der Waals surface area contributed by atoms with Gasteiger partial charge in [0.25, 0.3) is 0 Å². The highest BCUT2D eigenvalue weighted by atomic mass is 28.3. The van der Waals surface area contributed by atoms with Crippen LogP contribution in [0.15, 0.2) is 219 Å². The van der Waals surface area contributed by atoms with Gasteiger partial charge in [-0.05, 0) is 92.5 Å². The maximum Gasteiger partial charge on any atom is 0.179 e. The van der Waals surface area contributed by atoms with E-state index in [-0.39, 0.29) is 5.41 Å². The third kappa shape index (κ3) is 5.62. The maximum atomic E-state index is 5.18. The lowest BCUT2D eigenvalue weighted by Gasteiger charge is -2.43. The number of hydrogen-bond acceptors (Lipinski definition) is 3. The molecule has 0 atom stereocenters. The number of nitrogens with zero attached hydrogens (tertiary/aromatic N) is 5. The molecule has 0 saturated heterocycles. The molecule has 0 unspecified atom stereocenters. The summed E-state index contributed by atoms with van der Waals surface area (Å²) in [5, 5.41) is 7.67. The van der Waals surface area contributed by atoms with Crippen LogP contribution in [0.4, 0.5) is 17.2 Å². The standard InChI is InChI=1S/C58H45N5Si/c1-58(2)48-34-33-45(64(42-23-9-5-10-24-42,43-25-11-6-12-26-43)44-27-19-20-40(36-44)57-60-50-29-14-16-31-52(50)61(57)3)37-54(48)63(56-32-17-18-35-59-56)55-38-47-46-28-13-15-30-51(46)62(53(47)39-49(55)58)41-21-7-4-8-22-41/h4-39H,1-3H3. The monoisotopic (exact) mass is 839 g/mol. The van der Waals surface area contributed by atoms with Gasteiger partial charge < -0.3 is 9.13 Å². The number of aryl methyl sites for hydroxylation is 1. The molecule has 8 aromatic carbocycles. The number of para-hydroxylation sites is 4. The Morgan fingerprint density at radius 2 is 1.09 bits per heavy atom. The smallest absolute Gasteiger partial charge is 0.179 e. The van der Waals surface area contributed by atoms with Crippen molar-refractivity contribution in [1.29, 1.82) is 0 Å². The van der Waals surface area contributed by atoms with Crippen LogP contribution >= 0.6 is 0 Å². The molecule has 0 N–H and O–H groups in total. The molecule has 0 aliphatic carbocycles. The van der Waals surface area contributed by atoms with E-state index in [2.05, 4.69) is 241 Å². The lowest BCUT2D eigenvalue weighted by Crippen LogP contribution is -2.74. The third-order valence-corrected chi connectivity index (χ3v) is 18.4. The van der Waals surface area contributed by atoms with Gasteiger partial charge in [0.05, 0.1) is 33.4 Å². The molecule has 0 spiro atoms. The van der Waals surface area contributed by atoms with Gasteiger partial charge in [-0.3, -0.25) is 4.90 Å². The van der Waals surface area contributed by atoms with Crippen LogP contribution in [-0.2, 0) is 12.5 Å². The van der Waals surface area contributed by atoms with E-state index in [4.69, 9.17) is 9.97 Å². The van der Waals surface area contributed by atoms with Gasteiger partial charge in [0.15, 0.2) is 8.07 Å². The van der Waals surface area contributed by atoms with E-state index in [1.54, 1.807) is 0 Å². The summed E-state index contributed by atoms with van der Waals surface area (Å²) in [5.74, 6) is 1.84. The second-order valence-corrected chi connectivity index (χ2v) is 21.3. The topological polar surface area (TPSA) is 38.9 Å². The SMILES string of the molecule is Cn1c(-c2cccc([Si](c3ccccc3)(c3ccccc3)c3ccc4c(c3)N(c3ccccn3)c3cc5c6ccccc6n(-c6ccccc6)c5cc3C4(C)C)c2)nc2ccccc21. The van der Waals surface area contributed by atoms with Crippen molar-refractivity contribution < 1.29 is 0 Å². The molecule has 64 heavy (non-hydrogen) atoms. The van der Waals surface area contributed by atoms with Crippen LogP contribution in [0.1, 0.15) is 25.0 Å². The van der Waals surface area contributed by atoms with Gasteiger partial charge in [-0.25, -0.2) is 9.97 Å². The lowest BCUT2D eigenvalue weighted by atomic mass is 9.73. The second-order valence-electron chi connectivity index (χ2n) is 17.5. The van der Waals surface area contributed by atoms with Crippen molar-refractivity contribution in [2.45, 2.75) is 19.3 Å². The van der Waals surface area contributed by atoms with Crippen LogP contribution in [0.2, 0.25) is 0 Å². The quantitative estimate of drug-likeness (QED) is 0.119. The Kier molecular flexibility index (Phi) is 8.68. The second kappa shape index (κ2) is 14.7. The Morgan fingerprint density at radius 1 is 0.469 bits per heavy atom. The zero-order valence-electron chi connectivity index (χ0n) is 36.0. The average Bonchev–Trinajstić information content (AvgIpc) is 3.86. The number of pyridine rings is 1. The largest absolute Gasteiger partial charge is 0.327 e. The van der Waals surface area contributed by atoms with Gasteiger partial charge in [-0.1, -0.05) is 166 Å². The van der Waals surface area contributed by atoms with E-state index in [9.17, 15) is 0 Å². The van der Waals surface area contributed by atoms with Crippen LogP contribution < -0.4 is 25.6 Å². The first-order valence-corrected chi connectivity index (χ1v) is 24.1. The summed E-state index contributed by atoms with van der Waals surface area (Å²) >= 11 is 0. The highest BCUT2D eigenvalue weighted by molar-refractivity contribution is 7.20. The third-order valence-electron chi connectivity index (χ3n) is 13.7. The molecule has 306 valence electrons.